The average Bonchev–Trinajstić information content (AvgIpc) is 2.55. The molecule has 6 nitrogen and oxygen atoms in total. The minimum atomic E-state index is -1.45. The highest BCUT2D eigenvalue weighted by molar-refractivity contribution is 5.83. The highest BCUT2D eigenvalue weighted by Gasteiger charge is 2.44. The zero-order valence-electron chi connectivity index (χ0n) is 11.7. The van der Waals surface area contributed by atoms with Gasteiger partial charge in [0.2, 0.25) is 6.29 Å². The van der Waals surface area contributed by atoms with Gasteiger partial charge in [-0.15, -0.1) is 0 Å². The van der Waals surface area contributed by atoms with E-state index in [2.05, 4.69) is 0 Å². The van der Waals surface area contributed by atoms with E-state index in [1.807, 2.05) is 30.3 Å². The standard InChI is InChI=1S/C16H18O6/c17-8-12-13(18)14(19)15(20)16(22-12)21-11-6-5-9-3-1-2-4-10(9)7-11/h1-7,12-20H,8H2/t12-,13+,14-,15+,16+/m0/s1. The van der Waals surface area contributed by atoms with Crippen LogP contribution >= 0.6 is 0 Å². The molecule has 0 bridgehead atoms. The summed E-state index contributed by atoms with van der Waals surface area (Å²) >= 11 is 0. The predicted octanol–water partition coefficient (Wildman–Crippen LogP) is 0.0185. The van der Waals surface area contributed by atoms with Gasteiger partial charge >= 0.3 is 0 Å². The molecule has 1 saturated heterocycles. The maximum absolute atomic E-state index is 9.95. The molecule has 5 atom stereocenters. The van der Waals surface area contributed by atoms with Gasteiger partial charge in [0.05, 0.1) is 6.61 Å². The van der Waals surface area contributed by atoms with E-state index in [1.165, 1.54) is 0 Å². The van der Waals surface area contributed by atoms with Crippen LogP contribution in [0.3, 0.4) is 0 Å². The molecule has 0 aromatic heterocycles. The molecule has 0 saturated carbocycles. The van der Waals surface area contributed by atoms with Crippen LogP contribution in [-0.2, 0) is 4.74 Å². The summed E-state index contributed by atoms with van der Waals surface area (Å²) in [5.74, 6) is 0.461. The lowest BCUT2D eigenvalue weighted by Crippen LogP contribution is -2.60. The van der Waals surface area contributed by atoms with Gasteiger partial charge in [0.25, 0.3) is 0 Å². The van der Waals surface area contributed by atoms with Gasteiger partial charge in [-0.25, -0.2) is 0 Å². The zero-order chi connectivity index (χ0) is 15.7. The second-order valence-corrected chi connectivity index (χ2v) is 5.32. The maximum Gasteiger partial charge on any atom is 0.229 e. The monoisotopic (exact) mass is 306 g/mol. The fourth-order valence-electron chi connectivity index (χ4n) is 2.54. The topological polar surface area (TPSA) is 99.4 Å². The molecule has 0 radical (unpaired) electrons. The van der Waals surface area contributed by atoms with Gasteiger partial charge in [-0.1, -0.05) is 30.3 Å². The molecule has 0 aliphatic carbocycles. The van der Waals surface area contributed by atoms with Crippen LogP contribution in [0.5, 0.6) is 5.75 Å². The third-order valence-electron chi connectivity index (χ3n) is 3.82. The minimum Gasteiger partial charge on any atom is -0.462 e. The first-order valence-electron chi connectivity index (χ1n) is 7.06. The van der Waals surface area contributed by atoms with Crippen molar-refractivity contribution >= 4 is 10.8 Å². The van der Waals surface area contributed by atoms with Gasteiger partial charge in [0, 0.05) is 0 Å². The van der Waals surface area contributed by atoms with Crippen LogP contribution in [0.4, 0.5) is 0 Å². The van der Waals surface area contributed by atoms with E-state index in [0.717, 1.165) is 10.8 Å². The summed E-state index contributed by atoms with van der Waals surface area (Å²) in [6.07, 6.45) is -6.40. The van der Waals surface area contributed by atoms with Crippen LogP contribution in [-0.4, -0.2) is 57.7 Å². The third-order valence-corrected chi connectivity index (χ3v) is 3.82. The molecule has 1 fully saturated rings. The van der Waals surface area contributed by atoms with Gasteiger partial charge in [0.1, 0.15) is 30.2 Å². The van der Waals surface area contributed by atoms with E-state index in [4.69, 9.17) is 14.6 Å². The van der Waals surface area contributed by atoms with Crippen LogP contribution in [0.2, 0.25) is 0 Å². The molecule has 1 heterocycles. The Hall–Kier alpha value is -1.70. The van der Waals surface area contributed by atoms with Crippen molar-refractivity contribution in [2.75, 3.05) is 6.61 Å². The van der Waals surface area contributed by atoms with E-state index in [1.54, 1.807) is 12.1 Å². The second kappa shape index (κ2) is 6.20. The highest BCUT2D eigenvalue weighted by atomic mass is 16.7. The third kappa shape index (κ3) is 2.79. The second-order valence-electron chi connectivity index (χ2n) is 5.32. The molecular formula is C16H18O6. The lowest BCUT2D eigenvalue weighted by Gasteiger charge is -2.39. The molecule has 2 aromatic carbocycles. The molecule has 1 aliphatic heterocycles. The SMILES string of the molecule is OC[C@@H]1O[C@@H](Oc2ccc3ccccc3c2)[C@H](O)[C@@H](O)[C@@H]1O. The van der Waals surface area contributed by atoms with E-state index in [9.17, 15) is 15.3 Å². The summed E-state index contributed by atoms with van der Waals surface area (Å²) in [7, 11) is 0. The summed E-state index contributed by atoms with van der Waals surface area (Å²) in [4.78, 5) is 0. The van der Waals surface area contributed by atoms with Gasteiger partial charge in [0.15, 0.2) is 0 Å². The van der Waals surface area contributed by atoms with Crippen LogP contribution in [0.15, 0.2) is 42.5 Å². The van der Waals surface area contributed by atoms with Crippen molar-refractivity contribution in [3.8, 4) is 5.75 Å². The number of fused-ring (bicyclic) bond motifs is 1. The molecule has 118 valence electrons. The Balaban J connectivity index is 1.80. The molecule has 2 aromatic rings. The largest absolute Gasteiger partial charge is 0.462 e. The lowest BCUT2D eigenvalue weighted by molar-refractivity contribution is -0.277. The average molecular weight is 306 g/mol. The molecule has 0 spiro atoms. The number of aliphatic hydroxyl groups excluding tert-OH is 4. The highest BCUT2D eigenvalue weighted by Crippen LogP contribution is 2.26. The van der Waals surface area contributed by atoms with Gasteiger partial charge in [-0.2, -0.15) is 0 Å². The number of rotatable bonds is 3. The van der Waals surface area contributed by atoms with E-state index in [0.29, 0.717) is 5.75 Å². The Morgan fingerprint density at radius 3 is 2.36 bits per heavy atom. The van der Waals surface area contributed by atoms with Crippen molar-refractivity contribution in [3.05, 3.63) is 42.5 Å². The summed E-state index contributed by atoms with van der Waals surface area (Å²) in [6.45, 7) is -0.484. The Morgan fingerprint density at radius 1 is 0.909 bits per heavy atom. The summed E-state index contributed by atoms with van der Waals surface area (Å²) in [5.41, 5.74) is 0. The summed E-state index contributed by atoms with van der Waals surface area (Å²) in [6, 6.07) is 13.1. The molecule has 4 N–H and O–H groups in total. The molecule has 0 amide bonds. The fourth-order valence-corrected chi connectivity index (χ4v) is 2.54. The number of hydrogen-bond donors (Lipinski definition) is 4. The first-order valence-corrected chi connectivity index (χ1v) is 7.06. The zero-order valence-corrected chi connectivity index (χ0v) is 11.7. The number of ether oxygens (including phenoxy) is 2. The molecule has 1 aliphatic rings. The van der Waals surface area contributed by atoms with Crippen molar-refractivity contribution in [2.24, 2.45) is 0 Å². The fraction of sp³-hybridized carbons (Fsp3) is 0.375. The van der Waals surface area contributed by atoms with Crippen LogP contribution in [0.25, 0.3) is 10.8 Å². The Labute approximate surface area is 127 Å². The van der Waals surface area contributed by atoms with Crippen molar-refractivity contribution in [2.45, 2.75) is 30.7 Å². The van der Waals surface area contributed by atoms with E-state index >= 15 is 0 Å². The number of aliphatic hydroxyl groups is 4. The van der Waals surface area contributed by atoms with Gasteiger partial charge in [-0.3, -0.25) is 0 Å². The van der Waals surface area contributed by atoms with Crippen molar-refractivity contribution in [1.29, 1.82) is 0 Å². The molecular weight excluding hydrogens is 288 g/mol. The van der Waals surface area contributed by atoms with Crippen LogP contribution in [0, 0.1) is 0 Å². The minimum absolute atomic E-state index is 0.461. The first kappa shape index (κ1) is 15.2. The molecule has 22 heavy (non-hydrogen) atoms. The molecule has 6 heteroatoms. The normalized spacial score (nSPS) is 32.1. The Bertz CT molecular complexity index is 643. The lowest BCUT2D eigenvalue weighted by atomic mass is 9.99. The quantitative estimate of drug-likeness (QED) is 0.638. The van der Waals surface area contributed by atoms with E-state index in [-0.39, 0.29) is 0 Å². The van der Waals surface area contributed by atoms with E-state index < -0.39 is 37.3 Å². The smallest absolute Gasteiger partial charge is 0.229 e. The van der Waals surface area contributed by atoms with Gasteiger partial charge in [-0.05, 0) is 22.9 Å². The summed E-state index contributed by atoms with van der Waals surface area (Å²) in [5, 5.41) is 40.6. The molecule has 3 rings (SSSR count). The van der Waals surface area contributed by atoms with Crippen molar-refractivity contribution in [3.63, 3.8) is 0 Å². The van der Waals surface area contributed by atoms with Crippen molar-refractivity contribution in [1.82, 2.24) is 0 Å². The number of hydrogen-bond acceptors (Lipinski definition) is 6. The molecule has 0 unspecified atom stereocenters. The van der Waals surface area contributed by atoms with Crippen LogP contribution in [0.1, 0.15) is 0 Å². The summed E-state index contributed by atoms with van der Waals surface area (Å²) < 4.78 is 10.9. The van der Waals surface area contributed by atoms with Gasteiger partial charge < -0.3 is 29.9 Å². The first-order chi connectivity index (χ1) is 10.6. The Morgan fingerprint density at radius 2 is 1.64 bits per heavy atom. The Kier molecular flexibility index (Phi) is 4.28. The predicted molar refractivity (Wildman–Crippen MR) is 78.3 cm³/mol. The van der Waals surface area contributed by atoms with Crippen LogP contribution < -0.4 is 4.74 Å². The maximum atomic E-state index is 9.95. The number of benzene rings is 2. The van der Waals surface area contributed by atoms with Crippen molar-refractivity contribution < 1.29 is 29.9 Å².